The second kappa shape index (κ2) is 5.78. The van der Waals surface area contributed by atoms with E-state index in [2.05, 4.69) is 20.8 Å². The van der Waals surface area contributed by atoms with E-state index in [1.165, 1.54) is 0 Å². The lowest BCUT2D eigenvalue weighted by atomic mass is 9.91. The van der Waals surface area contributed by atoms with Crippen molar-refractivity contribution in [3.8, 4) is 0 Å². The fourth-order valence-electron chi connectivity index (χ4n) is 2.82. The van der Waals surface area contributed by atoms with Crippen LogP contribution in [0.25, 0.3) is 0 Å². The second-order valence-corrected chi connectivity index (χ2v) is 5.88. The van der Waals surface area contributed by atoms with E-state index in [-0.39, 0.29) is 11.9 Å². The van der Waals surface area contributed by atoms with Gasteiger partial charge in [0.2, 0.25) is 0 Å². The Hall–Kier alpha value is -1.29. The van der Waals surface area contributed by atoms with Crippen molar-refractivity contribution < 1.29 is 4.79 Å². The highest BCUT2D eigenvalue weighted by Gasteiger charge is 2.26. The molecule has 4 nitrogen and oxygen atoms in total. The van der Waals surface area contributed by atoms with Crippen LogP contribution in [0.3, 0.4) is 0 Å². The van der Waals surface area contributed by atoms with E-state index in [0.717, 1.165) is 31.6 Å². The Labute approximate surface area is 115 Å². The maximum absolute atomic E-state index is 12.5. The number of carbonyl (C=O) groups is 1. The minimum Gasteiger partial charge on any atom is -0.341 e. The average molecular weight is 263 g/mol. The van der Waals surface area contributed by atoms with Crippen LogP contribution in [0.5, 0.6) is 0 Å². The lowest BCUT2D eigenvalue weighted by Gasteiger charge is -2.34. The standard InChI is InChI=1S/C15H25N3O/c1-11(2)18-8-4-5-14(18)15(19)17-9-6-13(7-10-17)12(3)16/h4-5,8,11-13H,6-7,9-10,16H2,1-3H3. The van der Waals surface area contributed by atoms with Crippen molar-refractivity contribution in [3.05, 3.63) is 24.0 Å². The van der Waals surface area contributed by atoms with Crippen molar-refractivity contribution in [1.82, 2.24) is 9.47 Å². The van der Waals surface area contributed by atoms with Gasteiger partial charge in [-0.1, -0.05) is 0 Å². The van der Waals surface area contributed by atoms with Crippen LogP contribution in [-0.2, 0) is 0 Å². The maximum Gasteiger partial charge on any atom is 0.270 e. The van der Waals surface area contributed by atoms with Crippen LogP contribution in [0.15, 0.2) is 18.3 Å². The minimum absolute atomic E-state index is 0.154. The van der Waals surface area contributed by atoms with E-state index in [1.54, 1.807) is 0 Å². The van der Waals surface area contributed by atoms with Crippen molar-refractivity contribution in [3.63, 3.8) is 0 Å². The first kappa shape index (κ1) is 14.1. The molecule has 106 valence electrons. The first-order valence-corrected chi connectivity index (χ1v) is 7.22. The molecule has 1 aliphatic rings. The van der Waals surface area contributed by atoms with Crippen molar-refractivity contribution in [2.24, 2.45) is 11.7 Å². The van der Waals surface area contributed by atoms with Gasteiger partial charge in [0.25, 0.3) is 5.91 Å². The van der Waals surface area contributed by atoms with Crippen molar-refractivity contribution in [2.75, 3.05) is 13.1 Å². The van der Waals surface area contributed by atoms with Crippen LogP contribution in [0.4, 0.5) is 0 Å². The van der Waals surface area contributed by atoms with Crippen molar-refractivity contribution in [1.29, 1.82) is 0 Å². The third kappa shape index (κ3) is 3.00. The number of aromatic nitrogens is 1. The molecule has 0 radical (unpaired) electrons. The number of amides is 1. The molecule has 1 amide bonds. The third-order valence-corrected chi connectivity index (χ3v) is 4.12. The van der Waals surface area contributed by atoms with Gasteiger partial charge in [0.15, 0.2) is 0 Å². The van der Waals surface area contributed by atoms with Crippen LogP contribution in [0.1, 0.15) is 50.1 Å². The second-order valence-electron chi connectivity index (χ2n) is 5.88. The molecule has 4 heteroatoms. The van der Waals surface area contributed by atoms with Gasteiger partial charge in [-0.3, -0.25) is 4.79 Å². The molecular formula is C15H25N3O. The fraction of sp³-hybridized carbons (Fsp3) is 0.667. The van der Waals surface area contributed by atoms with Crippen LogP contribution < -0.4 is 5.73 Å². The Morgan fingerprint density at radius 1 is 1.32 bits per heavy atom. The predicted molar refractivity (Wildman–Crippen MR) is 77.1 cm³/mol. The molecule has 2 rings (SSSR count). The number of piperidine rings is 1. The minimum atomic E-state index is 0.154. The Morgan fingerprint density at radius 2 is 1.95 bits per heavy atom. The third-order valence-electron chi connectivity index (χ3n) is 4.12. The molecule has 1 fully saturated rings. The predicted octanol–water partition coefficient (Wildman–Crippen LogP) is 2.27. The Kier molecular flexibility index (Phi) is 4.30. The lowest BCUT2D eigenvalue weighted by molar-refractivity contribution is 0.0668. The molecule has 1 aromatic rings. The summed E-state index contributed by atoms with van der Waals surface area (Å²) in [5.74, 6) is 0.711. The number of nitrogens with two attached hydrogens (primary N) is 1. The summed E-state index contributed by atoms with van der Waals surface area (Å²) >= 11 is 0. The molecule has 2 N–H and O–H groups in total. The molecular weight excluding hydrogens is 238 g/mol. The number of nitrogens with zero attached hydrogens (tertiary/aromatic N) is 2. The van der Waals surface area contributed by atoms with Crippen LogP contribution in [0.2, 0.25) is 0 Å². The molecule has 19 heavy (non-hydrogen) atoms. The molecule has 1 aliphatic heterocycles. The van der Waals surface area contributed by atoms with Gasteiger partial charge in [-0.2, -0.15) is 0 Å². The molecule has 0 bridgehead atoms. The highest BCUT2D eigenvalue weighted by atomic mass is 16.2. The van der Waals surface area contributed by atoms with Gasteiger partial charge in [-0.05, 0) is 51.7 Å². The molecule has 1 unspecified atom stereocenters. The molecule has 0 aliphatic carbocycles. The van der Waals surface area contributed by atoms with Crippen LogP contribution >= 0.6 is 0 Å². The Morgan fingerprint density at radius 3 is 2.47 bits per heavy atom. The van der Waals surface area contributed by atoms with Gasteiger partial charge in [0.05, 0.1) is 0 Å². The molecule has 2 heterocycles. The Balaban J connectivity index is 2.03. The van der Waals surface area contributed by atoms with Gasteiger partial charge in [-0.15, -0.1) is 0 Å². The highest BCUT2D eigenvalue weighted by Crippen LogP contribution is 2.22. The summed E-state index contributed by atoms with van der Waals surface area (Å²) in [5, 5.41) is 0. The zero-order valence-electron chi connectivity index (χ0n) is 12.2. The number of rotatable bonds is 3. The smallest absolute Gasteiger partial charge is 0.270 e. The van der Waals surface area contributed by atoms with Gasteiger partial charge in [0, 0.05) is 31.4 Å². The van der Waals surface area contributed by atoms with Crippen molar-refractivity contribution in [2.45, 2.75) is 45.7 Å². The van der Waals surface area contributed by atoms with Gasteiger partial charge >= 0.3 is 0 Å². The van der Waals surface area contributed by atoms with E-state index in [9.17, 15) is 4.79 Å². The number of likely N-dealkylation sites (tertiary alicyclic amines) is 1. The summed E-state index contributed by atoms with van der Waals surface area (Å²) in [6.07, 6.45) is 4.02. The SMILES string of the molecule is CC(N)C1CCN(C(=O)c2cccn2C(C)C)CC1. The van der Waals surface area contributed by atoms with E-state index in [1.807, 2.05) is 27.8 Å². The largest absolute Gasteiger partial charge is 0.341 e. The van der Waals surface area contributed by atoms with E-state index in [4.69, 9.17) is 5.73 Å². The summed E-state index contributed by atoms with van der Waals surface area (Å²) in [6.45, 7) is 7.91. The molecule has 1 saturated heterocycles. The lowest BCUT2D eigenvalue weighted by Crippen LogP contribution is -2.43. The van der Waals surface area contributed by atoms with Crippen molar-refractivity contribution >= 4 is 5.91 Å². The topological polar surface area (TPSA) is 51.3 Å². The Bertz CT molecular complexity index is 428. The van der Waals surface area contributed by atoms with Crippen LogP contribution in [0, 0.1) is 5.92 Å². The summed E-state index contributed by atoms with van der Waals surface area (Å²) in [6, 6.07) is 4.41. The first-order chi connectivity index (χ1) is 9.00. The molecule has 1 atom stereocenters. The molecule has 0 saturated carbocycles. The molecule has 0 aromatic carbocycles. The molecule has 1 aromatic heterocycles. The number of hydrogen-bond donors (Lipinski definition) is 1. The quantitative estimate of drug-likeness (QED) is 0.909. The number of hydrogen-bond acceptors (Lipinski definition) is 2. The highest BCUT2D eigenvalue weighted by molar-refractivity contribution is 5.92. The molecule has 0 spiro atoms. The van der Waals surface area contributed by atoms with Gasteiger partial charge in [-0.25, -0.2) is 0 Å². The maximum atomic E-state index is 12.5. The summed E-state index contributed by atoms with van der Waals surface area (Å²) in [7, 11) is 0. The number of carbonyl (C=O) groups excluding carboxylic acids is 1. The van der Waals surface area contributed by atoms with Gasteiger partial charge in [0.1, 0.15) is 5.69 Å². The summed E-state index contributed by atoms with van der Waals surface area (Å²) < 4.78 is 2.04. The van der Waals surface area contributed by atoms with E-state index >= 15 is 0 Å². The normalized spacial score (nSPS) is 18.9. The summed E-state index contributed by atoms with van der Waals surface area (Å²) in [5.41, 5.74) is 6.74. The fourth-order valence-corrected chi connectivity index (χ4v) is 2.82. The zero-order chi connectivity index (χ0) is 14.0. The zero-order valence-corrected chi connectivity index (χ0v) is 12.2. The first-order valence-electron chi connectivity index (χ1n) is 7.22. The van der Waals surface area contributed by atoms with E-state index in [0.29, 0.717) is 12.0 Å². The monoisotopic (exact) mass is 263 g/mol. The van der Waals surface area contributed by atoms with Crippen LogP contribution in [-0.4, -0.2) is 34.5 Å². The van der Waals surface area contributed by atoms with E-state index < -0.39 is 0 Å². The average Bonchev–Trinajstić information content (AvgIpc) is 2.87. The van der Waals surface area contributed by atoms with Gasteiger partial charge < -0.3 is 15.2 Å². The summed E-state index contributed by atoms with van der Waals surface area (Å²) in [4.78, 5) is 14.5.